The Kier molecular flexibility index (Phi) is 23.6. The van der Waals surface area contributed by atoms with Gasteiger partial charge in [-0.15, -0.1) is 6.05 Å². The Balaban J connectivity index is 0.000000118. The molecule has 1 atom stereocenters. The Hall–Kier alpha value is -16.3. The molecule has 638 valence electrons. The largest absolute Gasteiger partial charge is 1.20 e. The molecule has 25 aromatic rings. The lowest BCUT2D eigenvalue weighted by molar-refractivity contribution is 0.311. The lowest BCUT2D eigenvalue weighted by Gasteiger charge is -2.18. The number of rotatable bonds is 17. The molecular weight excluding hydrogens is 1800 g/mol. The Bertz CT molecular complexity index is 8130. The summed E-state index contributed by atoms with van der Waals surface area (Å²) < 4.78 is 34.6. The van der Waals surface area contributed by atoms with E-state index in [1.54, 1.807) is 18.6 Å². The molecule has 0 aliphatic carbocycles. The molecule has 0 N–H and O–H groups in total. The molecular formula is C117H79AlBIN11O3P. The Labute approximate surface area is 801 Å². The molecule has 18 aromatic carbocycles. The lowest BCUT2D eigenvalue weighted by Crippen LogP contribution is -2.37. The van der Waals surface area contributed by atoms with Crippen LogP contribution in [0.1, 0.15) is 0 Å². The van der Waals surface area contributed by atoms with Gasteiger partial charge in [-0.3, -0.25) is 33.2 Å². The molecule has 18 heteroatoms. The summed E-state index contributed by atoms with van der Waals surface area (Å²) in [6.07, 6.45) is 5.24. The van der Waals surface area contributed by atoms with Crippen molar-refractivity contribution < 1.29 is 11.4 Å². The Morgan fingerprint density at radius 2 is 0.511 bits per heavy atom. The van der Waals surface area contributed by atoms with Gasteiger partial charge in [0.05, 0.1) is 45.4 Å². The summed E-state index contributed by atoms with van der Waals surface area (Å²) >= 11 is -1.00. The number of para-hydroxylation sites is 15. The van der Waals surface area contributed by atoms with Crippen LogP contribution in [0.25, 0.3) is 200 Å². The molecule has 0 bridgehead atoms. The van der Waals surface area contributed by atoms with Gasteiger partial charge < -0.3 is 11.4 Å². The zero-order valence-corrected chi connectivity index (χ0v) is 76.9. The smallest absolute Gasteiger partial charge is 0.576 e. The molecule has 0 saturated heterocycles. The van der Waals surface area contributed by atoms with E-state index in [0.29, 0.717) is 17.2 Å². The third-order valence-corrected chi connectivity index (χ3v) is 25.4. The van der Waals surface area contributed by atoms with Crippen molar-refractivity contribution in [2.24, 2.45) is 0 Å². The topological polar surface area (TPSA) is 138 Å². The predicted molar refractivity (Wildman–Crippen MR) is 565 cm³/mol. The summed E-state index contributed by atoms with van der Waals surface area (Å²) in [6, 6.07) is 156. The molecule has 14 nitrogen and oxygen atoms in total. The van der Waals surface area contributed by atoms with E-state index in [4.69, 9.17) is 40.1 Å². The summed E-state index contributed by atoms with van der Waals surface area (Å²) in [5.74, 6) is 5.29. The number of aromatic nitrogens is 11. The van der Waals surface area contributed by atoms with Crippen LogP contribution in [0, 0.1) is 0 Å². The molecule has 0 saturated carbocycles. The minimum Gasteiger partial charge on any atom is -0.576 e. The molecule has 0 spiro atoms. The van der Waals surface area contributed by atoms with E-state index in [1.807, 2.05) is 156 Å². The normalized spacial score (nSPS) is 11.5. The second-order valence-corrected chi connectivity index (χ2v) is 35.4. The van der Waals surface area contributed by atoms with Gasteiger partial charge in [-0.05, 0) is 213 Å². The highest BCUT2D eigenvalue weighted by atomic mass is 127. The average Bonchev–Trinajstić information content (AvgIpc) is 0.935. The fraction of sp³-hybridized carbons (Fsp3) is 0. The van der Waals surface area contributed by atoms with Gasteiger partial charge in [0.1, 0.15) is 64.7 Å². The number of pyridine rings is 3. The van der Waals surface area contributed by atoms with Crippen molar-refractivity contribution in [3.05, 3.63) is 474 Å². The van der Waals surface area contributed by atoms with Gasteiger partial charge in [-0.2, -0.15) is 0 Å². The van der Waals surface area contributed by atoms with E-state index < -0.39 is 21.2 Å². The fourth-order valence-corrected chi connectivity index (χ4v) is 19.5. The maximum atomic E-state index is 6.41. The van der Waals surface area contributed by atoms with Crippen LogP contribution in [0.5, 0.6) is 17.2 Å². The van der Waals surface area contributed by atoms with E-state index in [9.17, 15) is 0 Å². The predicted octanol–water partition coefficient (Wildman–Crippen LogP) is 29.7. The highest BCUT2D eigenvalue weighted by Gasteiger charge is 2.46. The van der Waals surface area contributed by atoms with Crippen molar-refractivity contribution in [1.29, 1.82) is 1.28 Å². The number of imidazole rings is 4. The first-order valence-corrected chi connectivity index (χ1v) is 49.6. The molecule has 135 heavy (non-hydrogen) atoms. The molecule has 0 aliphatic rings. The number of hydrogen-bond donors (Lipinski definition) is 0. The minimum atomic E-state index is -2.86. The van der Waals surface area contributed by atoms with Crippen molar-refractivity contribution in [3.8, 4) is 119 Å². The second kappa shape index (κ2) is 38.3. The second-order valence-electron chi connectivity index (χ2n) is 32.3. The molecule has 1 unspecified atom stereocenters. The molecule has 0 amide bonds. The van der Waals surface area contributed by atoms with Crippen LogP contribution in [0.2, 0.25) is 0 Å². The van der Waals surface area contributed by atoms with E-state index >= 15 is 0 Å². The van der Waals surface area contributed by atoms with Gasteiger partial charge in [0, 0.05) is 79.8 Å². The molecule has 25 rings (SSSR count). The first-order chi connectivity index (χ1) is 67.2. The van der Waals surface area contributed by atoms with Crippen LogP contribution in [0.15, 0.2) is 474 Å². The van der Waals surface area contributed by atoms with Gasteiger partial charge in [0.2, 0.25) is 0 Å². The molecule has 0 fully saturated rings. The van der Waals surface area contributed by atoms with Gasteiger partial charge in [-0.1, -0.05) is 319 Å². The highest BCUT2D eigenvalue weighted by Crippen LogP contribution is 2.47. The zero-order valence-electron chi connectivity index (χ0n) is 73.7. The highest BCUT2D eigenvalue weighted by molar-refractivity contribution is 14.2. The summed E-state index contributed by atoms with van der Waals surface area (Å²) in [5.41, 5.74) is 25.8. The number of fused-ring (bicyclic) bond motifs is 9. The van der Waals surface area contributed by atoms with E-state index in [-0.39, 0.29) is 0 Å². The van der Waals surface area contributed by atoms with Gasteiger partial charge in [-0.25, -0.2) is 19.9 Å². The molecule has 2 radical (unpaired) electrons. The van der Waals surface area contributed by atoms with Crippen molar-refractivity contribution in [1.82, 2.24) is 53.2 Å². The van der Waals surface area contributed by atoms with E-state index in [0.717, 1.165) is 145 Å². The van der Waals surface area contributed by atoms with Crippen molar-refractivity contribution >= 4 is 149 Å². The minimum absolute atomic E-state index is 0.608. The maximum Gasteiger partial charge on any atom is 1.20 e. The molecule has 0 aliphatic heterocycles. The van der Waals surface area contributed by atoms with Crippen molar-refractivity contribution in [2.75, 3.05) is 0 Å². The quantitative estimate of drug-likeness (QED) is 0.0375. The van der Waals surface area contributed by atoms with Crippen molar-refractivity contribution in [3.63, 3.8) is 0 Å². The molecule has 7 heterocycles. The lowest BCUT2D eigenvalue weighted by atomic mass is 9.85. The zero-order chi connectivity index (χ0) is 91.2. The van der Waals surface area contributed by atoms with Gasteiger partial charge >= 0.3 is 15.1 Å². The summed E-state index contributed by atoms with van der Waals surface area (Å²) in [6.45, 7) is 0. The van der Waals surface area contributed by atoms with Crippen LogP contribution in [0.4, 0.5) is 0 Å². The standard InChI is InChI=1S/C45H30N6.C45H30N2.3C9H7NO.Al.BHIP/c1-4-16-34(17-5-1)49-40-25-13-10-22-37(40)46-43(49)31-28-32(44-47-38-23-11-14-26-41(38)50(44)35-18-6-2-7-19-35)30-33(29-31)45-48-39-24-12-15-27-42(39)51(45)36-20-8-3-9-21-36;1-4-14-32(15-5-1)43-37-20-10-11-21-38(37)44(33-16-6-2-7-17-33)40-30-35(28-29-39(40)43)31-24-26-34(27-25-31)45-46-41-22-12-13-23-42(41)47(45)36-18-8-3-9-19-36;3*11-8-5-1-3-7-4-2-6-10-9(7)8;;1-3-2/h1-30H;1-30H;3*1-6,11H;;3H/q;;;;;+3;/p-3/i;;;;;;3T. The number of nitrogens with zero attached hydrogens (tertiary/aromatic N) is 11. The van der Waals surface area contributed by atoms with Crippen molar-refractivity contribution in [2.45, 2.75) is 0 Å². The van der Waals surface area contributed by atoms with Crippen LogP contribution in [-0.2, 0) is 0 Å². The number of halogens is 1. The summed E-state index contributed by atoms with van der Waals surface area (Å²) in [7, 11) is 4.83. The van der Waals surface area contributed by atoms with Crippen LogP contribution >= 0.6 is 28.1 Å². The van der Waals surface area contributed by atoms with Crippen LogP contribution in [-0.4, -0.2) is 77.2 Å². The van der Waals surface area contributed by atoms with Gasteiger partial charge in [0.25, 0.3) is 0 Å². The summed E-state index contributed by atoms with van der Waals surface area (Å²) in [4.78, 5) is 34.5. The molecule has 7 aromatic heterocycles. The third kappa shape index (κ3) is 17.0. The first kappa shape index (κ1) is 83.1. The van der Waals surface area contributed by atoms with Gasteiger partial charge in [0.15, 0.2) is 0 Å². The first-order valence-electron chi connectivity index (χ1n) is 44.9. The van der Waals surface area contributed by atoms with E-state index in [1.165, 1.54) is 54.9 Å². The maximum absolute atomic E-state index is 6.41. The SMILES string of the molecule is [3H]P([B])I.c1ccc(-c2c3ccccc3c(-c3ccccc3)c3cc(-c4ccc(-c5nc6ccccc6n5-c5ccccc5)cc4)ccc23)cc1.c1ccc(-n2c(-c3cc(-c4nc5ccccc5n4-c4ccccc4)cc(-c4nc5ccccc5n4-c4ccccc4)c3)nc3ccccc32)cc1.c1cnc2c([O][Al]([O]c3cccc4cccnc34)[O]c3cccc4cccnc34)cccc2c1. The average molecular weight is 1880 g/mol. The van der Waals surface area contributed by atoms with Crippen LogP contribution in [0.3, 0.4) is 0 Å². The number of hydrogen-bond acceptors (Lipinski definition) is 10. The van der Waals surface area contributed by atoms with E-state index in [2.05, 4.69) is 355 Å². The fourth-order valence-electron chi connectivity index (χ4n) is 18.1. The number of benzene rings is 18. The van der Waals surface area contributed by atoms with Crippen LogP contribution < -0.4 is 11.4 Å². The monoisotopic (exact) mass is 1880 g/mol. The third-order valence-electron chi connectivity index (χ3n) is 24.1. The summed E-state index contributed by atoms with van der Waals surface area (Å²) in [5, 5.41) is 7.97. The Morgan fingerprint density at radius 1 is 0.244 bits per heavy atom. The Morgan fingerprint density at radius 3 is 0.852 bits per heavy atom.